The SMILES string of the molecule is O=C(Nc1ccc(Br)cc1)N(C/C=C/c1ccccc1)CCc1c[nH]c2ccccc12. The molecular weight excluding hydrogens is 450 g/mol. The van der Waals surface area contributed by atoms with E-state index >= 15 is 0 Å². The minimum atomic E-state index is -0.111. The van der Waals surface area contributed by atoms with E-state index in [-0.39, 0.29) is 6.03 Å². The number of carbonyl (C=O) groups is 1. The number of urea groups is 1. The number of halogens is 1. The third-order valence-corrected chi connectivity index (χ3v) is 5.67. The van der Waals surface area contributed by atoms with Crippen molar-refractivity contribution in [2.45, 2.75) is 6.42 Å². The van der Waals surface area contributed by atoms with Crippen molar-refractivity contribution in [2.24, 2.45) is 0 Å². The second-order valence-corrected chi connectivity index (χ2v) is 8.22. The number of para-hydroxylation sites is 1. The van der Waals surface area contributed by atoms with Gasteiger partial charge in [-0.2, -0.15) is 0 Å². The van der Waals surface area contributed by atoms with Gasteiger partial charge in [0.1, 0.15) is 0 Å². The van der Waals surface area contributed by atoms with Gasteiger partial charge in [0.2, 0.25) is 0 Å². The Balaban J connectivity index is 1.47. The quantitative estimate of drug-likeness (QED) is 0.307. The van der Waals surface area contributed by atoms with Crippen molar-refractivity contribution in [3.63, 3.8) is 0 Å². The van der Waals surface area contributed by atoms with E-state index in [4.69, 9.17) is 0 Å². The molecule has 4 aromatic rings. The zero-order chi connectivity index (χ0) is 21.5. The maximum absolute atomic E-state index is 13.0. The second-order valence-electron chi connectivity index (χ2n) is 7.31. The van der Waals surface area contributed by atoms with Crippen LogP contribution in [-0.4, -0.2) is 29.0 Å². The number of hydrogen-bond acceptors (Lipinski definition) is 1. The van der Waals surface area contributed by atoms with Crippen LogP contribution >= 0.6 is 15.9 Å². The molecule has 0 fully saturated rings. The molecule has 5 heteroatoms. The van der Waals surface area contributed by atoms with Crippen molar-refractivity contribution in [2.75, 3.05) is 18.4 Å². The van der Waals surface area contributed by atoms with Crippen LogP contribution in [0.25, 0.3) is 17.0 Å². The summed E-state index contributed by atoms with van der Waals surface area (Å²) < 4.78 is 0.979. The number of rotatable bonds is 7. The van der Waals surface area contributed by atoms with E-state index in [2.05, 4.69) is 50.5 Å². The Morgan fingerprint density at radius 1 is 0.968 bits per heavy atom. The first kappa shape index (κ1) is 20.9. The van der Waals surface area contributed by atoms with Gasteiger partial charge in [-0.25, -0.2) is 4.79 Å². The van der Waals surface area contributed by atoms with E-state index in [0.717, 1.165) is 27.7 Å². The average molecular weight is 474 g/mol. The highest BCUT2D eigenvalue weighted by molar-refractivity contribution is 9.10. The molecule has 0 bridgehead atoms. The number of fused-ring (bicyclic) bond motifs is 1. The fourth-order valence-electron chi connectivity index (χ4n) is 3.49. The standard InChI is InChI=1S/C26H24BrN3O/c27-22-12-14-23(15-13-22)29-26(31)30(17-6-9-20-7-2-1-3-8-20)18-16-21-19-28-25-11-5-4-10-24(21)25/h1-15,19,28H,16-18H2,(H,29,31)/b9-6+. The van der Waals surface area contributed by atoms with E-state index in [1.165, 1.54) is 10.9 Å². The lowest BCUT2D eigenvalue weighted by Crippen LogP contribution is -2.36. The molecule has 0 radical (unpaired) electrons. The molecule has 0 spiro atoms. The van der Waals surface area contributed by atoms with Crippen LogP contribution in [0.1, 0.15) is 11.1 Å². The van der Waals surface area contributed by atoms with Gasteiger partial charge in [0.05, 0.1) is 0 Å². The van der Waals surface area contributed by atoms with Gasteiger partial charge in [-0.05, 0) is 47.9 Å². The number of benzene rings is 3. The molecule has 1 heterocycles. The molecule has 156 valence electrons. The van der Waals surface area contributed by atoms with Crippen LogP contribution in [0.3, 0.4) is 0 Å². The van der Waals surface area contributed by atoms with Crippen LogP contribution in [0.4, 0.5) is 10.5 Å². The van der Waals surface area contributed by atoms with Gasteiger partial charge in [-0.15, -0.1) is 0 Å². The highest BCUT2D eigenvalue weighted by atomic mass is 79.9. The van der Waals surface area contributed by atoms with Crippen molar-refractivity contribution >= 4 is 44.6 Å². The molecule has 2 N–H and O–H groups in total. The lowest BCUT2D eigenvalue weighted by atomic mass is 10.1. The van der Waals surface area contributed by atoms with E-state index in [1.54, 1.807) is 0 Å². The summed E-state index contributed by atoms with van der Waals surface area (Å²) in [4.78, 5) is 18.2. The second kappa shape index (κ2) is 10.1. The molecule has 0 unspecified atom stereocenters. The van der Waals surface area contributed by atoms with Crippen LogP contribution in [-0.2, 0) is 6.42 Å². The Hall–Kier alpha value is -3.31. The molecule has 1 aromatic heterocycles. The summed E-state index contributed by atoms with van der Waals surface area (Å²) in [5, 5.41) is 4.21. The maximum Gasteiger partial charge on any atom is 0.322 e. The van der Waals surface area contributed by atoms with Crippen molar-refractivity contribution in [3.05, 3.63) is 107 Å². The number of hydrogen-bond donors (Lipinski definition) is 2. The van der Waals surface area contributed by atoms with Crippen molar-refractivity contribution in [3.8, 4) is 0 Å². The summed E-state index contributed by atoms with van der Waals surface area (Å²) in [5.41, 5.74) is 4.22. The molecule has 31 heavy (non-hydrogen) atoms. The van der Waals surface area contributed by atoms with E-state index < -0.39 is 0 Å². The van der Waals surface area contributed by atoms with Gasteiger partial charge in [0.15, 0.2) is 0 Å². The van der Waals surface area contributed by atoms with Crippen LogP contribution in [0.2, 0.25) is 0 Å². The topological polar surface area (TPSA) is 48.1 Å². The summed E-state index contributed by atoms with van der Waals surface area (Å²) >= 11 is 3.43. The maximum atomic E-state index is 13.0. The summed E-state index contributed by atoms with van der Waals surface area (Å²) in [7, 11) is 0. The summed E-state index contributed by atoms with van der Waals surface area (Å²) in [5.74, 6) is 0. The summed E-state index contributed by atoms with van der Waals surface area (Å²) in [6, 6.07) is 25.9. The molecule has 4 rings (SSSR count). The van der Waals surface area contributed by atoms with Crippen molar-refractivity contribution in [1.82, 2.24) is 9.88 Å². The predicted octanol–water partition coefficient (Wildman–Crippen LogP) is 6.72. The molecule has 4 nitrogen and oxygen atoms in total. The number of amides is 2. The van der Waals surface area contributed by atoms with E-state index in [9.17, 15) is 4.79 Å². The monoisotopic (exact) mass is 473 g/mol. The number of H-pyrrole nitrogens is 1. The normalized spacial score (nSPS) is 11.1. The molecule has 0 saturated heterocycles. The zero-order valence-corrected chi connectivity index (χ0v) is 18.7. The lowest BCUT2D eigenvalue weighted by Gasteiger charge is -2.22. The first-order valence-electron chi connectivity index (χ1n) is 10.3. The highest BCUT2D eigenvalue weighted by Gasteiger charge is 2.14. The number of nitrogens with one attached hydrogen (secondary N) is 2. The van der Waals surface area contributed by atoms with Crippen molar-refractivity contribution < 1.29 is 4.79 Å². The number of aromatic amines is 1. The Bertz CT molecular complexity index is 1170. The summed E-state index contributed by atoms with van der Waals surface area (Å²) in [6.07, 6.45) is 6.89. The number of nitrogens with zero attached hydrogens (tertiary/aromatic N) is 1. The van der Waals surface area contributed by atoms with Crippen LogP contribution < -0.4 is 5.32 Å². The lowest BCUT2D eigenvalue weighted by molar-refractivity contribution is 0.218. The molecule has 0 atom stereocenters. The Morgan fingerprint density at radius 2 is 1.71 bits per heavy atom. The zero-order valence-electron chi connectivity index (χ0n) is 17.1. The fraction of sp³-hybridized carbons (Fsp3) is 0.115. The molecular formula is C26H24BrN3O. The summed E-state index contributed by atoms with van der Waals surface area (Å²) in [6.45, 7) is 1.14. The van der Waals surface area contributed by atoms with Gasteiger partial charge in [0.25, 0.3) is 0 Å². The number of carbonyl (C=O) groups excluding carboxylic acids is 1. The van der Waals surface area contributed by atoms with Crippen LogP contribution in [0, 0.1) is 0 Å². The van der Waals surface area contributed by atoms with Crippen LogP contribution in [0.5, 0.6) is 0 Å². The Kier molecular flexibility index (Phi) is 6.85. The van der Waals surface area contributed by atoms with Gasteiger partial charge in [0, 0.05) is 40.3 Å². The highest BCUT2D eigenvalue weighted by Crippen LogP contribution is 2.19. The first-order valence-corrected chi connectivity index (χ1v) is 11.1. The average Bonchev–Trinajstić information content (AvgIpc) is 3.21. The molecule has 3 aromatic carbocycles. The fourth-order valence-corrected chi connectivity index (χ4v) is 3.75. The Morgan fingerprint density at radius 3 is 2.52 bits per heavy atom. The predicted molar refractivity (Wildman–Crippen MR) is 132 cm³/mol. The first-order chi connectivity index (χ1) is 15.2. The molecule has 0 aliphatic heterocycles. The minimum absolute atomic E-state index is 0.111. The molecule has 0 aliphatic rings. The van der Waals surface area contributed by atoms with E-state index in [1.807, 2.05) is 77.8 Å². The van der Waals surface area contributed by atoms with E-state index in [0.29, 0.717) is 13.1 Å². The molecule has 0 aliphatic carbocycles. The van der Waals surface area contributed by atoms with Gasteiger partial charge >= 0.3 is 6.03 Å². The smallest absolute Gasteiger partial charge is 0.322 e. The minimum Gasteiger partial charge on any atom is -0.361 e. The molecule has 2 amide bonds. The van der Waals surface area contributed by atoms with Crippen LogP contribution in [0.15, 0.2) is 95.6 Å². The third kappa shape index (κ3) is 5.64. The largest absolute Gasteiger partial charge is 0.361 e. The van der Waals surface area contributed by atoms with Gasteiger partial charge in [-0.3, -0.25) is 0 Å². The van der Waals surface area contributed by atoms with Gasteiger partial charge in [-0.1, -0.05) is 76.6 Å². The van der Waals surface area contributed by atoms with Gasteiger partial charge < -0.3 is 15.2 Å². The Labute approximate surface area is 190 Å². The van der Waals surface area contributed by atoms with Crippen molar-refractivity contribution in [1.29, 1.82) is 0 Å². The number of anilines is 1. The number of aromatic nitrogens is 1. The molecule has 0 saturated carbocycles. The third-order valence-electron chi connectivity index (χ3n) is 5.14.